The van der Waals surface area contributed by atoms with Gasteiger partial charge in [0.1, 0.15) is 17.4 Å². The normalized spacial score (nSPS) is 16.4. The zero-order valence-corrected chi connectivity index (χ0v) is 21.7. The van der Waals surface area contributed by atoms with Crippen LogP contribution in [0.2, 0.25) is 0 Å². The number of para-hydroxylation sites is 1. The predicted molar refractivity (Wildman–Crippen MR) is 146 cm³/mol. The van der Waals surface area contributed by atoms with Crippen molar-refractivity contribution in [2.45, 2.75) is 34.6 Å². The van der Waals surface area contributed by atoms with Crippen molar-refractivity contribution in [3.05, 3.63) is 87.7 Å². The average molecular weight is 498 g/mol. The quantitative estimate of drug-likeness (QED) is 0.457. The highest BCUT2D eigenvalue weighted by Gasteiger charge is 2.36. The largest absolute Gasteiger partial charge is 0.486 e. The molecular weight excluding hydrogens is 470 g/mol. The molecule has 7 nitrogen and oxygen atoms in total. The number of hydrogen-bond donors (Lipinski definition) is 1. The number of aryl methyl sites for hydroxylation is 4. The summed E-state index contributed by atoms with van der Waals surface area (Å²) in [5.74, 6) is 0.351. The standard InChI is InChI=1S/C28H27N5O2S/c1-16-10-11-23(18(3)12-16)32-19(4)13-21(20(32)5)14-22-26(29)33-28(30-27(22)34)36-25(31-33)15-35-24-9-7-6-8-17(24)2/h6-14,29H,15H2,1-5H3/b22-14+,29-26?. The highest BCUT2D eigenvalue weighted by molar-refractivity contribution is 8.27. The summed E-state index contributed by atoms with van der Waals surface area (Å²) in [5.41, 5.74) is 7.65. The van der Waals surface area contributed by atoms with Crippen molar-refractivity contribution >= 4 is 39.8 Å². The summed E-state index contributed by atoms with van der Waals surface area (Å²) in [6.45, 7) is 10.5. The topological polar surface area (TPSA) is 83.0 Å². The van der Waals surface area contributed by atoms with Crippen LogP contribution in [0.15, 0.2) is 64.2 Å². The summed E-state index contributed by atoms with van der Waals surface area (Å²) >= 11 is 1.25. The van der Waals surface area contributed by atoms with Crippen molar-refractivity contribution in [3.8, 4) is 11.4 Å². The second-order valence-electron chi connectivity index (χ2n) is 9.02. The maximum Gasteiger partial charge on any atom is 0.283 e. The molecule has 1 amide bonds. The number of amides is 1. The van der Waals surface area contributed by atoms with E-state index in [4.69, 9.17) is 10.1 Å². The molecule has 0 saturated heterocycles. The monoisotopic (exact) mass is 497 g/mol. The fourth-order valence-corrected chi connectivity index (χ4v) is 5.26. The van der Waals surface area contributed by atoms with Crippen molar-refractivity contribution in [1.29, 1.82) is 5.41 Å². The Labute approximate surface area is 214 Å². The molecule has 1 aromatic heterocycles. The number of hydrogen-bond acceptors (Lipinski definition) is 5. The highest BCUT2D eigenvalue weighted by Crippen LogP contribution is 2.31. The zero-order chi connectivity index (χ0) is 25.6. The molecule has 2 aliphatic rings. The Balaban J connectivity index is 1.42. The number of ether oxygens (including phenoxy) is 1. The van der Waals surface area contributed by atoms with Crippen LogP contribution in [0, 0.1) is 40.0 Å². The van der Waals surface area contributed by atoms with Gasteiger partial charge in [0.25, 0.3) is 5.91 Å². The number of amidine groups is 2. The average Bonchev–Trinajstić information content (AvgIpc) is 3.36. The first-order valence-electron chi connectivity index (χ1n) is 11.7. The first kappa shape index (κ1) is 23.8. The first-order valence-corrected chi connectivity index (χ1v) is 12.5. The number of hydrazone groups is 1. The van der Waals surface area contributed by atoms with Gasteiger partial charge in [-0.1, -0.05) is 35.9 Å². The van der Waals surface area contributed by atoms with Crippen LogP contribution in [0.3, 0.4) is 0 Å². The van der Waals surface area contributed by atoms with Gasteiger partial charge in [-0.15, -0.1) is 0 Å². The molecule has 0 atom stereocenters. The summed E-state index contributed by atoms with van der Waals surface area (Å²) in [7, 11) is 0. The fourth-order valence-electron chi connectivity index (χ4n) is 4.46. The molecule has 0 bridgehead atoms. The van der Waals surface area contributed by atoms with E-state index in [-0.39, 0.29) is 18.0 Å². The van der Waals surface area contributed by atoms with Gasteiger partial charge >= 0.3 is 0 Å². The Morgan fingerprint density at radius 1 is 1.03 bits per heavy atom. The molecule has 0 saturated carbocycles. The Morgan fingerprint density at radius 2 is 1.81 bits per heavy atom. The van der Waals surface area contributed by atoms with Gasteiger partial charge in [0.05, 0.1) is 5.57 Å². The lowest BCUT2D eigenvalue weighted by Crippen LogP contribution is -2.35. The minimum absolute atomic E-state index is 0.0136. The molecule has 2 aliphatic heterocycles. The molecule has 5 rings (SSSR count). The van der Waals surface area contributed by atoms with Gasteiger partial charge in [0.2, 0.25) is 5.17 Å². The lowest BCUT2D eigenvalue weighted by Gasteiger charge is -2.20. The van der Waals surface area contributed by atoms with Crippen LogP contribution in [0.1, 0.15) is 33.6 Å². The van der Waals surface area contributed by atoms with Crippen LogP contribution in [0.4, 0.5) is 0 Å². The van der Waals surface area contributed by atoms with Crippen LogP contribution in [-0.2, 0) is 4.79 Å². The number of thioether (sulfide) groups is 1. The third-order valence-electron chi connectivity index (χ3n) is 6.30. The number of nitrogens with one attached hydrogen (secondary N) is 1. The lowest BCUT2D eigenvalue weighted by atomic mass is 10.1. The minimum Gasteiger partial charge on any atom is -0.486 e. The highest BCUT2D eigenvalue weighted by atomic mass is 32.2. The molecular formula is C28H27N5O2S. The van der Waals surface area contributed by atoms with Crippen molar-refractivity contribution in [1.82, 2.24) is 9.58 Å². The molecule has 0 aliphatic carbocycles. The molecule has 8 heteroatoms. The van der Waals surface area contributed by atoms with Gasteiger partial charge in [-0.25, -0.2) is 0 Å². The van der Waals surface area contributed by atoms with E-state index in [1.165, 1.54) is 27.9 Å². The molecule has 0 fully saturated rings. The van der Waals surface area contributed by atoms with E-state index < -0.39 is 5.91 Å². The number of aromatic nitrogens is 1. The van der Waals surface area contributed by atoms with Crippen LogP contribution in [-0.4, -0.2) is 38.1 Å². The molecule has 3 heterocycles. The smallest absolute Gasteiger partial charge is 0.283 e. The minimum atomic E-state index is -0.439. The summed E-state index contributed by atoms with van der Waals surface area (Å²) in [6.07, 6.45) is 1.75. The fraction of sp³-hybridized carbons (Fsp3) is 0.214. The van der Waals surface area contributed by atoms with Gasteiger partial charge in [-0.05, 0) is 87.3 Å². The van der Waals surface area contributed by atoms with Crippen LogP contribution < -0.4 is 4.74 Å². The Bertz CT molecular complexity index is 1510. The summed E-state index contributed by atoms with van der Waals surface area (Å²) in [5, 5.41) is 15.7. The van der Waals surface area contributed by atoms with E-state index >= 15 is 0 Å². The van der Waals surface area contributed by atoms with Crippen molar-refractivity contribution in [3.63, 3.8) is 0 Å². The Morgan fingerprint density at radius 3 is 2.56 bits per heavy atom. The van der Waals surface area contributed by atoms with Crippen LogP contribution >= 0.6 is 11.8 Å². The van der Waals surface area contributed by atoms with Crippen LogP contribution in [0.25, 0.3) is 11.8 Å². The van der Waals surface area contributed by atoms with Gasteiger partial charge in [0.15, 0.2) is 5.84 Å². The second-order valence-corrected chi connectivity index (χ2v) is 10.1. The van der Waals surface area contributed by atoms with E-state index in [0.29, 0.717) is 10.2 Å². The number of carbonyl (C=O) groups excluding carboxylic acids is 1. The summed E-state index contributed by atoms with van der Waals surface area (Å²) < 4.78 is 8.07. The molecule has 1 N–H and O–H groups in total. The van der Waals surface area contributed by atoms with Gasteiger partial charge in [-0.3, -0.25) is 10.2 Å². The number of rotatable bonds is 5. The molecule has 0 unspecified atom stereocenters. The third kappa shape index (κ3) is 4.28. The van der Waals surface area contributed by atoms with Gasteiger partial charge < -0.3 is 9.30 Å². The molecule has 36 heavy (non-hydrogen) atoms. The van der Waals surface area contributed by atoms with Crippen LogP contribution in [0.5, 0.6) is 5.75 Å². The van der Waals surface area contributed by atoms with Crippen molar-refractivity contribution < 1.29 is 9.53 Å². The Hall–Kier alpha value is -3.91. The van der Waals surface area contributed by atoms with Gasteiger partial charge in [-0.2, -0.15) is 15.1 Å². The van der Waals surface area contributed by atoms with E-state index in [2.05, 4.69) is 46.7 Å². The maximum atomic E-state index is 12.9. The van der Waals surface area contributed by atoms with E-state index in [9.17, 15) is 4.79 Å². The van der Waals surface area contributed by atoms with E-state index in [0.717, 1.165) is 34.0 Å². The first-order chi connectivity index (χ1) is 17.2. The lowest BCUT2D eigenvalue weighted by molar-refractivity contribution is -0.114. The molecule has 3 aromatic rings. The predicted octanol–water partition coefficient (Wildman–Crippen LogP) is 5.72. The summed E-state index contributed by atoms with van der Waals surface area (Å²) in [6, 6.07) is 16.2. The summed E-state index contributed by atoms with van der Waals surface area (Å²) in [4.78, 5) is 17.1. The second kappa shape index (κ2) is 9.28. The number of aliphatic imine (C=N–C) groups is 1. The van der Waals surface area contributed by atoms with E-state index in [1.807, 2.05) is 51.1 Å². The SMILES string of the molecule is Cc1ccc(-n2c(C)cc(/C=C3\C(=N)N4N=C(COc5ccccc5C)SC4=NC3=O)c2C)c(C)c1. The molecule has 2 aromatic carbocycles. The number of fused-ring (bicyclic) bond motifs is 1. The number of benzene rings is 2. The zero-order valence-electron chi connectivity index (χ0n) is 20.9. The van der Waals surface area contributed by atoms with E-state index in [1.54, 1.807) is 6.08 Å². The van der Waals surface area contributed by atoms with Crippen molar-refractivity contribution in [2.24, 2.45) is 10.1 Å². The van der Waals surface area contributed by atoms with Crippen molar-refractivity contribution in [2.75, 3.05) is 6.61 Å². The number of nitrogens with zero attached hydrogens (tertiary/aromatic N) is 4. The maximum absolute atomic E-state index is 12.9. The number of carbonyl (C=O) groups is 1. The van der Waals surface area contributed by atoms with Gasteiger partial charge in [0, 0.05) is 17.1 Å². The third-order valence-corrected chi connectivity index (χ3v) is 7.19. The Kier molecular flexibility index (Phi) is 6.14. The molecule has 182 valence electrons. The molecule has 0 spiro atoms. The molecule has 0 radical (unpaired) electrons.